The Morgan fingerprint density at radius 2 is 2.15 bits per heavy atom. The molecule has 4 heteroatoms. The van der Waals surface area contributed by atoms with Crippen LogP contribution in [0.25, 0.3) is 0 Å². The van der Waals surface area contributed by atoms with Crippen LogP contribution in [-0.4, -0.2) is 46.8 Å². The number of rotatable bonds is 4. The summed E-state index contributed by atoms with van der Waals surface area (Å²) in [4.78, 5) is 29.0. The largest absolute Gasteiger partial charge is 0.331 e. The molecule has 0 bridgehead atoms. The van der Waals surface area contributed by atoms with E-state index in [0.717, 1.165) is 12.8 Å². The molecule has 110 valence electrons. The number of hydrogen-bond acceptors (Lipinski definition) is 2. The van der Waals surface area contributed by atoms with Crippen LogP contribution < -0.4 is 0 Å². The highest BCUT2D eigenvalue weighted by atomic mass is 16.2. The van der Waals surface area contributed by atoms with Gasteiger partial charge in [-0.25, -0.2) is 0 Å². The van der Waals surface area contributed by atoms with Crippen molar-refractivity contribution in [1.29, 1.82) is 0 Å². The van der Waals surface area contributed by atoms with Crippen LogP contribution in [0.4, 0.5) is 0 Å². The number of nitrogens with zero attached hydrogens (tertiary/aromatic N) is 2. The molecule has 2 amide bonds. The second kappa shape index (κ2) is 5.43. The van der Waals surface area contributed by atoms with E-state index in [4.69, 9.17) is 0 Å². The molecule has 0 radical (unpaired) electrons. The van der Waals surface area contributed by atoms with Crippen molar-refractivity contribution in [2.24, 2.45) is 0 Å². The van der Waals surface area contributed by atoms with Gasteiger partial charge in [0.05, 0.1) is 0 Å². The van der Waals surface area contributed by atoms with Gasteiger partial charge in [-0.2, -0.15) is 0 Å². The molecule has 2 fully saturated rings. The number of amides is 2. The van der Waals surface area contributed by atoms with Crippen LogP contribution in [0.3, 0.4) is 0 Å². The summed E-state index contributed by atoms with van der Waals surface area (Å²) in [5.74, 6) is 0.158. The molecule has 2 heterocycles. The molecule has 20 heavy (non-hydrogen) atoms. The minimum absolute atomic E-state index is 0.0756. The van der Waals surface area contributed by atoms with Gasteiger partial charge in [0, 0.05) is 13.6 Å². The van der Waals surface area contributed by atoms with E-state index in [1.54, 1.807) is 18.0 Å². The first kappa shape index (κ1) is 14.8. The fourth-order valence-corrected chi connectivity index (χ4v) is 3.33. The van der Waals surface area contributed by atoms with E-state index < -0.39 is 5.54 Å². The van der Waals surface area contributed by atoms with Gasteiger partial charge in [0.1, 0.15) is 11.6 Å². The molecule has 2 saturated heterocycles. The van der Waals surface area contributed by atoms with Crippen molar-refractivity contribution in [2.45, 2.75) is 51.1 Å². The van der Waals surface area contributed by atoms with Crippen molar-refractivity contribution in [2.75, 3.05) is 13.6 Å². The molecule has 2 atom stereocenters. The predicted molar refractivity (Wildman–Crippen MR) is 79.1 cm³/mol. The Morgan fingerprint density at radius 3 is 2.75 bits per heavy atom. The second-order valence-corrected chi connectivity index (χ2v) is 6.07. The Labute approximate surface area is 121 Å². The van der Waals surface area contributed by atoms with Crippen molar-refractivity contribution in [3.8, 4) is 0 Å². The SMILES string of the molecule is C=CC[C@H]1C(=O)N2CCC[C@@]2(CC=C(C)C)C(=O)N1C. The maximum absolute atomic E-state index is 12.8. The molecule has 2 rings (SSSR count). The topological polar surface area (TPSA) is 40.6 Å². The van der Waals surface area contributed by atoms with E-state index >= 15 is 0 Å². The monoisotopic (exact) mass is 276 g/mol. The summed E-state index contributed by atoms with van der Waals surface area (Å²) in [6, 6.07) is -0.377. The van der Waals surface area contributed by atoms with Gasteiger partial charge >= 0.3 is 0 Å². The molecule has 0 saturated carbocycles. The summed E-state index contributed by atoms with van der Waals surface area (Å²) in [6.07, 6.45) is 6.62. The highest BCUT2D eigenvalue weighted by Crippen LogP contribution is 2.39. The average molecular weight is 276 g/mol. The first-order chi connectivity index (χ1) is 9.44. The van der Waals surface area contributed by atoms with Gasteiger partial charge in [-0.05, 0) is 39.5 Å². The van der Waals surface area contributed by atoms with Gasteiger partial charge in [-0.15, -0.1) is 6.58 Å². The average Bonchev–Trinajstić information content (AvgIpc) is 2.84. The minimum Gasteiger partial charge on any atom is -0.331 e. The summed E-state index contributed by atoms with van der Waals surface area (Å²) in [5, 5.41) is 0. The summed E-state index contributed by atoms with van der Waals surface area (Å²) in [7, 11) is 1.74. The zero-order valence-electron chi connectivity index (χ0n) is 12.7. The van der Waals surface area contributed by atoms with Crippen molar-refractivity contribution in [1.82, 2.24) is 9.80 Å². The number of allylic oxidation sites excluding steroid dienone is 1. The number of carbonyl (C=O) groups is 2. The zero-order valence-corrected chi connectivity index (χ0v) is 12.7. The van der Waals surface area contributed by atoms with Gasteiger partial charge in [-0.1, -0.05) is 17.7 Å². The van der Waals surface area contributed by atoms with E-state index in [-0.39, 0.29) is 17.9 Å². The number of carbonyl (C=O) groups excluding carboxylic acids is 2. The van der Waals surface area contributed by atoms with Crippen LogP contribution in [0, 0.1) is 0 Å². The van der Waals surface area contributed by atoms with E-state index in [0.29, 0.717) is 19.4 Å². The Bertz CT molecular complexity index is 465. The maximum Gasteiger partial charge on any atom is 0.249 e. The molecule has 2 aliphatic rings. The summed E-state index contributed by atoms with van der Waals surface area (Å²) in [6.45, 7) is 8.44. The minimum atomic E-state index is -0.638. The normalized spacial score (nSPS) is 29.4. The van der Waals surface area contributed by atoms with Gasteiger partial charge < -0.3 is 9.80 Å². The standard InChI is InChI=1S/C16H24N2O2/c1-5-7-13-14(19)18-11-6-9-16(18,10-8-12(2)3)15(20)17(13)4/h5,8,13H,1,6-7,9-11H2,2-4H3/t13-,16+/m0/s1. The van der Waals surface area contributed by atoms with Crippen molar-refractivity contribution in [3.05, 3.63) is 24.3 Å². The first-order valence-electron chi connectivity index (χ1n) is 7.27. The molecular weight excluding hydrogens is 252 g/mol. The molecule has 0 aromatic heterocycles. The molecule has 2 aliphatic heterocycles. The number of fused-ring (bicyclic) bond motifs is 1. The highest BCUT2D eigenvalue weighted by Gasteiger charge is 2.56. The van der Waals surface area contributed by atoms with Crippen LogP contribution >= 0.6 is 0 Å². The Balaban J connectivity index is 2.36. The van der Waals surface area contributed by atoms with Crippen LogP contribution in [0.15, 0.2) is 24.3 Å². The van der Waals surface area contributed by atoms with Gasteiger partial charge in [-0.3, -0.25) is 9.59 Å². The first-order valence-corrected chi connectivity index (χ1v) is 7.27. The number of hydrogen-bond donors (Lipinski definition) is 0. The van der Waals surface area contributed by atoms with Gasteiger partial charge in [0.2, 0.25) is 11.8 Å². The van der Waals surface area contributed by atoms with E-state index in [9.17, 15) is 9.59 Å². The van der Waals surface area contributed by atoms with Crippen LogP contribution in [-0.2, 0) is 9.59 Å². The molecule has 0 aromatic carbocycles. The van der Waals surface area contributed by atoms with E-state index in [1.807, 2.05) is 18.7 Å². The third-order valence-corrected chi connectivity index (χ3v) is 4.46. The highest BCUT2D eigenvalue weighted by molar-refractivity contribution is 6.00. The van der Waals surface area contributed by atoms with E-state index in [1.165, 1.54) is 5.57 Å². The summed E-state index contributed by atoms with van der Waals surface area (Å²) in [5.41, 5.74) is 0.545. The summed E-state index contributed by atoms with van der Waals surface area (Å²) >= 11 is 0. The third-order valence-electron chi connectivity index (χ3n) is 4.46. The van der Waals surface area contributed by atoms with Crippen molar-refractivity contribution >= 4 is 11.8 Å². The van der Waals surface area contributed by atoms with Gasteiger partial charge in [0.15, 0.2) is 0 Å². The van der Waals surface area contributed by atoms with Crippen LogP contribution in [0.1, 0.15) is 39.5 Å². The smallest absolute Gasteiger partial charge is 0.249 e. The lowest BCUT2D eigenvalue weighted by Gasteiger charge is -2.47. The molecule has 0 unspecified atom stereocenters. The van der Waals surface area contributed by atoms with Crippen molar-refractivity contribution < 1.29 is 9.59 Å². The van der Waals surface area contributed by atoms with Gasteiger partial charge in [0.25, 0.3) is 0 Å². The lowest BCUT2D eigenvalue weighted by molar-refractivity contribution is -0.165. The quantitative estimate of drug-likeness (QED) is 0.738. The Hall–Kier alpha value is -1.58. The van der Waals surface area contributed by atoms with E-state index in [2.05, 4.69) is 12.7 Å². The predicted octanol–water partition coefficient (Wildman–Crippen LogP) is 2.12. The fraction of sp³-hybridized carbons (Fsp3) is 0.625. The molecule has 0 N–H and O–H groups in total. The van der Waals surface area contributed by atoms with Crippen LogP contribution in [0.2, 0.25) is 0 Å². The van der Waals surface area contributed by atoms with Crippen LogP contribution in [0.5, 0.6) is 0 Å². The second-order valence-electron chi connectivity index (χ2n) is 6.07. The maximum atomic E-state index is 12.8. The molecule has 0 aromatic rings. The molecule has 0 spiro atoms. The Kier molecular flexibility index (Phi) is 4.02. The molecule has 4 nitrogen and oxygen atoms in total. The Morgan fingerprint density at radius 1 is 1.45 bits per heavy atom. The lowest BCUT2D eigenvalue weighted by atomic mass is 9.85. The summed E-state index contributed by atoms with van der Waals surface area (Å²) < 4.78 is 0. The number of likely N-dealkylation sites (N-methyl/N-ethyl adjacent to an activating group) is 1. The fourth-order valence-electron chi connectivity index (χ4n) is 3.33. The number of piperazine rings is 1. The third kappa shape index (κ3) is 2.17. The lowest BCUT2D eigenvalue weighted by Crippen LogP contribution is -2.68. The molecule has 0 aliphatic carbocycles. The molecular formula is C16H24N2O2. The zero-order chi connectivity index (χ0) is 14.9. The van der Waals surface area contributed by atoms with Crippen molar-refractivity contribution in [3.63, 3.8) is 0 Å².